The Bertz CT molecular complexity index is 516. The predicted molar refractivity (Wildman–Crippen MR) is 71.0 cm³/mol. The van der Waals surface area contributed by atoms with Gasteiger partial charge in [-0.1, -0.05) is 6.07 Å². The molecule has 0 bridgehead atoms. The number of hydrogen-bond acceptors (Lipinski definition) is 2. The van der Waals surface area contributed by atoms with Gasteiger partial charge in [0.2, 0.25) is 0 Å². The van der Waals surface area contributed by atoms with Gasteiger partial charge in [0.05, 0.1) is 4.47 Å². The molecule has 0 aliphatic heterocycles. The van der Waals surface area contributed by atoms with Crippen LogP contribution in [0.2, 0.25) is 0 Å². The van der Waals surface area contributed by atoms with Gasteiger partial charge < -0.3 is 4.90 Å². The molecule has 2 aromatic rings. The molecule has 88 valence electrons. The largest absolute Gasteiger partial charge is 0.326 e. The van der Waals surface area contributed by atoms with Gasteiger partial charge in [0, 0.05) is 18.4 Å². The Morgan fingerprint density at radius 2 is 2.12 bits per heavy atom. The Hall–Kier alpha value is -1.42. The number of halogens is 2. The van der Waals surface area contributed by atoms with Crippen LogP contribution in [0.25, 0.3) is 0 Å². The molecular formula is C13H12BrFN2. The summed E-state index contributed by atoms with van der Waals surface area (Å²) in [6, 6.07) is 10.3. The third-order valence-electron chi connectivity index (χ3n) is 2.43. The second-order valence-corrected chi connectivity index (χ2v) is 4.39. The molecule has 0 fully saturated rings. The van der Waals surface area contributed by atoms with E-state index >= 15 is 0 Å². The lowest BCUT2D eigenvalue weighted by Crippen LogP contribution is -2.17. The molecule has 1 heterocycles. The average Bonchev–Trinajstić information content (AvgIpc) is 2.33. The van der Waals surface area contributed by atoms with Crippen molar-refractivity contribution in [2.45, 2.75) is 6.92 Å². The highest BCUT2D eigenvalue weighted by molar-refractivity contribution is 9.10. The summed E-state index contributed by atoms with van der Waals surface area (Å²) in [6.07, 6.45) is 1.72. The van der Waals surface area contributed by atoms with Crippen molar-refractivity contribution in [2.24, 2.45) is 0 Å². The van der Waals surface area contributed by atoms with Crippen LogP contribution in [-0.4, -0.2) is 11.5 Å². The molecule has 17 heavy (non-hydrogen) atoms. The molecule has 0 aliphatic carbocycles. The molecule has 0 saturated carbocycles. The standard InChI is InChI=1S/C13H12BrFN2/c1-2-17(11-6-3-5-10(15)9-11)13-12(14)7-4-8-16-13/h3-9H,2H2,1H3. The topological polar surface area (TPSA) is 16.1 Å². The van der Waals surface area contributed by atoms with Gasteiger partial charge in [-0.2, -0.15) is 0 Å². The predicted octanol–water partition coefficient (Wildman–Crippen LogP) is 4.14. The first kappa shape index (κ1) is 12.0. The van der Waals surface area contributed by atoms with Gasteiger partial charge >= 0.3 is 0 Å². The van der Waals surface area contributed by atoms with Crippen LogP contribution in [0.5, 0.6) is 0 Å². The lowest BCUT2D eigenvalue weighted by atomic mass is 10.2. The second kappa shape index (κ2) is 5.27. The Balaban J connectivity index is 2.44. The second-order valence-electron chi connectivity index (χ2n) is 3.53. The third-order valence-corrected chi connectivity index (χ3v) is 3.05. The molecule has 0 radical (unpaired) electrons. The van der Waals surface area contributed by atoms with Crippen molar-refractivity contribution in [3.05, 3.63) is 52.9 Å². The van der Waals surface area contributed by atoms with Crippen molar-refractivity contribution < 1.29 is 4.39 Å². The van der Waals surface area contributed by atoms with Gasteiger partial charge in [0.25, 0.3) is 0 Å². The van der Waals surface area contributed by atoms with Gasteiger partial charge in [0.15, 0.2) is 0 Å². The van der Waals surface area contributed by atoms with E-state index in [1.165, 1.54) is 12.1 Å². The summed E-state index contributed by atoms with van der Waals surface area (Å²) in [5, 5.41) is 0. The molecule has 2 nitrogen and oxygen atoms in total. The number of benzene rings is 1. The SMILES string of the molecule is CCN(c1cccc(F)c1)c1ncccc1Br. The summed E-state index contributed by atoms with van der Waals surface area (Å²) < 4.78 is 14.1. The highest BCUT2D eigenvalue weighted by atomic mass is 79.9. The molecule has 1 aromatic carbocycles. The first-order valence-corrected chi connectivity index (χ1v) is 6.15. The molecule has 0 spiro atoms. The number of rotatable bonds is 3. The molecule has 0 saturated heterocycles. The van der Waals surface area contributed by atoms with E-state index in [0.29, 0.717) is 0 Å². The maximum absolute atomic E-state index is 13.2. The van der Waals surface area contributed by atoms with Crippen LogP contribution in [-0.2, 0) is 0 Å². The summed E-state index contributed by atoms with van der Waals surface area (Å²) in [5.74, 6) is 0.550. The first-order chi connectivity index (χ1) is 8.22. The first-order valence-electron chi connectivity index (χ1n) is 5.36. The van der Waals surface area contributed by atoms with Crippen LogP contribution in [0.4, 0.5) is 15.9 Å². The third kappa shape index (κ3) is 2.64. The number of anilines is 2. The molecule has 0 atom stereocenters. The zero-order chi connectivity index (χ0) is 12.3. The smallest absolute Gasteiger partial charge is 0.147 e. The van der Waals surface area contributed by atoms with E-state index < -0.39 is 0 Å². The van der Waals surface area contributed by atoms with Crippen LogP contribution in [0, 0.1) is 5.82 Å². The van der Waals surface area contributed by atoms with E-state index in [1.807, 2.05) is 30.0 Å². The van der Waals surface area contributed by atoms with Gasteiger partial charge in [-0.3, -0.25) is 0 Å². The van der Waals surface area contributed by atoms with Crippen LogP contribution >= 0.6 is 15.9 Å². The van der Waals surface area contributed by atoms with E-state index in [2.05, 4.69) is 20.9 Å². The maximum atomic E-state index is 13.2. The fourth-order valence-electron chi connectivity index (χ4n) is 1.67. The summed E-state index contributed by atoms with van der Waals surface area (Å²) >= 11 is 3.46. The highest BCUT2D eigenvalue weighted by Crippen LogP contribution is 2.29. The lowest BCUT2D eigenvalue weighted by molar-refractivity contribution is 0.627. The van der Waals surface area contributed by atoms with Crippen LogP contribution < -0.4 is 4.90 Å². The van der Waals surface area contributed by atoms with Crippen LogP contribution in [0.15, 0.2) is 47.1 Å². The van der Waals surface area contributed by atoms with Gasteiger partial charge in [-0.05, 0) is 53.2 Å². The number of aromatic nitrogens is 1. The van der Waals surface area contributed by atoms with Gasteiger partial charge in [0.1, 0.15) is 11.6 Å². The molecule has 0 unspecified atom stereocenters. The van der Waals surface area contributed by atoms with E-state index in [9.17, 15) is 4.39 Å². The van der Waals surface area contributed by atoms with Crippen LogP contribution in [0.3, 0.4) is 0 Å². The summed E-state index contributed by atoms with van der Waals surface area (Å²) in [7, 11) is 0. The number of nitrogens with zero attached hydrogens (tertiary/aromatic N) is 2. The summed E-state index contributed by atoms with van der Waals surface area (Å²) in [5.41, 5.74) is 0.798. The van der Waals surface area contributed by atoms with E-state index in [0.717, 1.165) is 22.5 Å². The molecule has 0 N–H and O–H groups in total. The Morgan fingerprint density at radius 1 is 1.29 bits per heavy atom. The molecule has 2 rings (SSSR count). The summed E-state index contributed by atoms with van der Waals surface area (Å²) in [6.45, 7) is 2.73. The van der Waals surface area contributed by atoms with Crippen molar-refractivity contribution in [2.75, 3.05) is 11.4 Å². The van der Waals surface area contributed by atoms with E-state index in [1.54, 1.807) is 12.3 Å². The minimum absolute atomic E-state index is 0.243. The van der Waals surface area contributed by atoms with Gasteiger partial charge in [-0.15, -0.1) is 0 Å². The number of hydrogen-bond donors (Lipinski definition) is 0. The van der Waals surface area contributed by atoms with Crippen molar-refractivity contribution in [3.8, 4) is 0 Å². The van der Waals surface area contributed by atoms with Crippen molar-refractivity contribution in [1.82, 2.24) is 4.98 Å². The monoisotopic (exact) mass is 294 g/mol. The Morgan fingerprint density at radius 3 is 2.76 bits per heavy atom. The van der Waals surface area contributed by atoms with Crippen molar-refractivity contribution in [3.63, 3.8) is 0 Å². The summed E-state index contributed by atoms with van der Waals surface area (Å²) in [4.78, 5) is 6.26. The molecule has 4 heteroatoms. The Labute approximate surface area is 108 Å². The fraction of sp³-hybridized carbons (Fsp3) is 0.154. The van der Waals surface area contributed by atoms with Crippen molar-refractivity contribution >= 4 is 27.4 Å². The van der Waals surface area contributed by atoms with Crippen LogP contribution in [0.1, 0.15) is 6.92 Å². The molecular weight excluding hydrogens is 283 g/mol. The number of pyridine rings is 1. The zero-order valence-corrected chi connectivity index (χ0v) is 11.0. The fourth-order valence-corrected chi connectivity index (χ4v) is 2.14. The highest BCUT2D eigenvalue weighted by Gasteiger charge is 2.11. The van der Waals surface area contributed by atoms with Gasteiger partial charge in [-0.25, -0.2) is 9.37 Å². The Kier molecular flexibility index (Phi) is 3.74. The quantitative estimate of drug-likeness (QED) is 0.846. The normalized spacial score (nSPS) is 10.3. The maximum Gasteiger partial charge on any atom is 0.147 e. The lowest BCUT2D eigenvalue weighted by Gasteiger charge is -2.23. The van der Waals surface area contributed by atoms with Crippen molar-refractivity contribution in [1.29, 1.82) is 0 Å². The zero-order valence-electron chi connectivity index (χ0n) is 9.40. The molecule has 1 aromatic heterocycles. The average molecular weight is 295 g/mol. The molecule has 0 amide bonds. The van der Waals surface area contributed by atoms with E-state index in [-0.39, 0.29) is 5.82 Å². The molecule has 0 aliphatic rings. The van der Waals surface area contributed by atoms with E-state index in [4.69, 9.17) is 0 Å². The minimum atomic E-state index is -0.243. The minimum Gasteiger partial charge on any atom is -0.326 e.